The van der Waals surface area contributed by atoms with Crippen molar-refractivity contribution in [1.82, 2.24) is 10.6 Å². The zero-order valence-corrected chi connectivity index (χ0v) is 17.4. The van der Waals surface area contributed by atoms with E-state index in [1.54, 1.807) is 6.92 Å². The summed E-state index contributed by atoms with van der Waals surface area (Å²) in [6, 6.07) is 0. The monoisotopic (exact) mass is 364 g/mol. The van der Waals surface area contributed by atoms with E-state index in [0.29, 0.717) is 6.17 Å². The van der Waals surface area contributed by atoms with E-state index in [9.17, 15) is 4.79 Å². The summed E-state index contributed by atoms with van der Waals surface area (Å²) in [7, 11) is 0. The van der Waals surface area contributed by atoms with Gasteiger partial charge >= 0.3 is 0 Å². The molecule has 3 atom stereocenters. The number of nitrogens with zero attached hydrogens (tertiary/aromatic N) is 1. The molecular weight excluding hydrogens is 322 g/mol. The van der Waals surface area contributed by atoms with Gasteiger partial charge in [-0.05, 0) is 26.2 Å². The minimum absolute atomic E-state index is 0.0481. The van der Waals surface area contributed by atoms with E-state index in [0.717, 1.165) is 17.4 Å². The molecule has 0 spiro atoms. The van der Waals surface area contributed by atoms with Crippen LogP contribution >= 0.6 is 0 Å². The van der Waals surface area contributed by atoms with Gasteiger partial charge in [-0.3, -0.25) is 9.28 Å². The molecule has 4 nitrogen and oxygen atoms in total. The molecule has 0 saturated heterocycles. The lowest BCUT2D eigenvalue weighted by Crippen LogP contribution is -2.62. The molecule has 3 unspecified atom stereocenters. The van der Waals surface area contributed by atoms with E-state index < -0.39 is 0 Å². The second-order valence-electron chi connectivity index (χ2n) is 7.73. The summed E-state index contributed by atoms with van der Waals surface area (Å²) in [5, 5.41) is 6.61. The molecule has 0 aromatic carbocycles. The van der Waals surface area contributed by atoms with Crippen molar-refractivity contribution in [3.63, 3.8) is 0 Å². The number of quaternary nitrogens is 1. The van der Waals surface area contributed by atoms with Crippen molar-refractivity contribution in [3.8, 4) is 0 Å². The fourth-order valence-electron chi connectivity index (χ4n) is 4.14. The predicted octanol–water partition coefficient (Wildman–Crippen LogP) is 5.18. The smallest absolute Gasteiger partial charge is 0.221 e. The van der Waals surface area contributed by atoms with Crippen LogP contribution in [-0.2, 0) is 4.79 Å². The van der Waals surface area contributed by atoms with Gasteiger partial charge in [0.1, 0.15) is 6.20 Å². The predicted molar refractivity (Wildman–Crippen MR) is 111 cm³/mol. The van der Waals surface area contributed by atoms with Gasteiger partial charge in [-0.15, -0.1) is 6.58 Å². The summed E-state index contributed by atoms with van der Waals surface area (Å²) in [4.78, 5) is 11.5. The van der Waals surface area contributed by atoms with Crippen LogP contribution in [0.25, 0.3) is 0 Å². The molecule has 0 aromatic heterocycles. The molecule has 150 valence electrons. The molecule has 0 fully saturated rings. The summed E-state index contributed by atoms with van der Waals surface area (Å²) >= 11 is 0. The van der Waals surface area contributed by atoms with E-state index in [1.807, 2.05) is 6.08 Å². The Balaban J connectivity index is 2.17. The Hall–Kier alpha value is -1.29. The van der Waals surface area contributed by atoms with Gasteiger partial charge in [0.25, 0.3) is 0 Å². The number of carbonyl (C=O) groups is 1. The van der Waals surface area contributed by atoms with Gasteiger partial charge in [0, 0.05) is 20.3 Å². The van der Waals surface area contributed by atoms with Crippen LogP contribution in [0.5, 0.6) is 0 Å². The van der Waals surface area contributed by atoms with Crippen LogP contribution in [0.3, 0.4) is 0 Å². The third kappa shape index (κ3) is 7.53. The molecule has 4 heteroatoms. The van der Waals surface area contributed by atoms with Crippen molar-refractivity contribution >= 4 is 5.91 Å². The molecule has 1 aliphatic heterocycles. The number of nitrogens with one attached hydrogen (secondary N) is 2. The number of hydrogen-bond donors (Lipinski definition) is 2. The first-order valence-electron chi connectivity index (χ1n) is 10.8. The van der Waals surface area contributed by atoms with Crippen molar-refractivity contribution in [2.75, 3.05) is 6.54 Å². The summed E-state index contributed by atoms with van der Waals surface area (Å²) < 4.78 is 0.810. The Bertz CT molecular complexity index is 435. The average molecular weight is 365 g/mol. The topological polar surface area (TPSA) is 41.1 Å². The van der Waals surface area contributed by atoms with Crippen LogP contribution in [-0.4, -0.2) is 29.3 Å². The molecule has 1 heterocycles. The minimum atomic E-state index is 0.0481. The number of allylic oxidation sites excluding steroid dienone is 1. The number of unbranched alkanes of at least 4 members (excludes halogenated alkanes) is 9. The van der Waals surface area contributed by atoms with Gasteiger partial charge in [-0.1, -0.05) is 51.0 Å². The Morgan fingerprint density at radius 2 is 1.73 bits per heavy atom. The third-order valence-corrected chi connectivity index (χ3v) is 5.79. The largest absolute Gasteiger partial charge is 0.338 e. The maximum atomic E-state index is 11.5. The molecular formula is C22H42N3O+. The molecule has 26 heavy (non-hydrogen) atoms. The van der Waals surface area contributed by atoms with Crippen LogP contribution < -0.4 is 10.6 Å². The minimum Gasteiger partial charge on any atom is -0.338 e. The maximum Gasteiger partial charge on any atom is 0.221 e. The number of carbonyl (C=O) groups excluding carboxylic acids is 1. The van der Waals surface area contributed by atoms with E-state index in [4.69, 9.17) is 0 Å². The second-order valence-corrected chi connectivity index (χ2v) is 7.73. The van der Waals surface area contributed by atoms with Gasteiger partial charge in [0.15, 0.2) is 12.3 Å². The van der Waals surface area contributed by atoms with Gasteiger partial charge < -0.3 is 10.6 Å². The highest BCUT2D eigenvalue weighted by atomic mass is 16.1. The summed E-state index contributed by atoms with van der Waals surface area (Å²) in [5.41, 5.74) is 0. The average Bonchev–Trinajstić information content (AvgIpc) is 3.03. The Labute approximate surface area is 161 Å². The van der Waals surface area contributed by atoms with E-state index in [-0.39, 0.29) is 12.1 Å². The Kier molecular flexibility index (Phi) is 11.3. The van der Waals surface area contributed by atoms with Crippen molar-refractivity contribution in [2.45, 2.75) is 104 Å². The van der Waals surface area contributed by atoms with Crippen molar-refractivity contribution in [2.24, 2.45) is 0 Å². The van der Waals surface area contributed by atoms with E-state index in [1.165, 1.54) is 64.2 Å². The van der Waals surface area contributed by atoms with Gasteiger partial charge in [-0.2, -0.15) is 0 Å². The molecule has 2 N–H and O–H groups in total. The van der Waals surface area contributed by atoms with E-state index >= 15 is 0 Å². The summed E-state index contributed by atoms with van der Waals surface area (Å²) in [5.74, 6) is 0.0481. The molecule has 1 amide bonds. The first-order valence-corrected chi connectivity index (χ1v) is 10.8. The van der Waals surface area contributed by atoms with Crippen molar-refractivity contribution in [1.29, 1.82) is 0 Å². The van der Waals surface area contributed by atoms with Crippen molar-refractivity contribution < 1.29 is 9.28 Å². The Morgan fingerprint density at radius 1 is 1.15 bits per heavy atom. The zero-order chi connectivity index (χ0) is 19.3. The zero-order valence-electron chi connectivity index (χ0n) is 17.4. The number of hydrogen-bond acceptors (Lipinski definition) is 2. The van der Waals surface area contributed by atoms with Crippen molar-refractivity contribution in [3.05, 3.63) is 25.1 Å². The molecule has 0 saturated carbocycles. The molecule has 0 radical (unpaired) electrons. The normalized spacial score (nSPS) is 22.8. The van der Waals surface area contributed by atoms with Crippen LogP contribution in [0.4, 0.5) is 0 Å². The van der Waals surface area contributed by atoms with Gasteiger partial charge in [-0.25, -0.2) is 0 Å². The molecule has 1 rings (SSSR count). The van der Waals surface area contributed by atoms with Crippen LogP contribution in [0.1, 0.15) is 91.4 Å². The SMILES string of the molecule is C=CCCCCCCCCCCCC1NC=C[N+]1(CC)C(C)NC(C)=O. The summed E-state index contributed by atoms with van der Waals surface area (Å²) in [6.45, 7) is 10.7. The van der Waals surface area contributed by atoms with E-state index in [2.05, 4.69) is 43.5 Å². The van der Waals surface area contributed by atoms with Crippen LogP contribution in [0, 0.1) is 0 Å². The Morgan fingerprint density at radius 3 is 2.27 bits per heavy atom. The molecule has 1 aliphatic rings. The molecule has 0 aromatic rings. The molecule has 0 aliphatic carbocycles. The number of amides is 1. The lowest BCUT2D eigenvalue weighted by molar-refractivity contribution is -0.923. The lowest BCUT2D eigenvalue weighted by atomic mass is 10.0. The van der Waals surface area contributed by atoms with Gasteiger partial charge in [0.2, 0.25) is 5.91 Å². The lowest BCUT2D eigenvalue weighted by Gasteiger charge is -2.41. The second kappa shape index (κ2) is 13.0. The maximum absolute atomic E-state index is 11.5. The standard InChI is InChI=1S/C22H41N3O/c1-5-7-8-9-10-11-12-13-14-15-16-17-22-23-18-19-25(22,6-2)20(3)24-21(4)26/h5,18-20,22-23H,1,6-17H2,2-4H3/p+1. The number of rotatable bonds is 15. The molecule has 0 bridgehead atoms. The van der Waals surface area contributed by atoms with Gasteiger partial charge in [0.05, 0.1) is 12.7 Å². The quantitative estimate of drug-likeness (QED) is 0.239. The third-order valence-electron chi connectivity index (χ3n) is 5.79. The first kappa shape index (κ1) is 22.8. The highest BCUT2D eigenvalue weighted by Gasteiger charge is 2.41. The fraction of sp³-hybridized carbons (Fsp3) is 0.773. The summed E-state index contributed by atoms with van der Waals surface area (Å²) in [6.07, 6.45) is 21.2. The first-order chi connectivity index (χ1) is 12.6. The highest BCUT2D eigenvalue weighted by Crippen LogP contribution is 2.26. The highest BCUT2D eigenvalue weighted by molar-refractivity contribution is 5.72. The fourth-order valence-corrected chi connectivity index (χ4v) is 4.14. The van der Waals surface area contributed by atoms with Crippen LogP contribution in [0.15, 0.2) is 25.1 Å². The van der Waals surface area contributed by atoms with Crippen LogP contribution in [0.2, 0.25) is 0 Å².